The highest BCUT2D eigenvalue weighted by molar-refractivity contribution is 5.72. The van der Waals surface area contributed by atoms with Gasteiger partial charge >= 0.3 is 0 Å². The first-order valence-electron chi connectivity index (χ1n) is 7.37. The van der Waals surface area contributed by atoms with Gasteiger partial charge in [-0.2, -0.15) is 0 Å². The molecule has 0 unspecified atom stereocenters. The van der Waals surface area contributed by atoms with Crippen molar-refractivity contribution in [3.63, 3.8) is 0 Å². The summed E-state index contributed by atoms with van der Waals surface area (Å²) >= 11 is 0. The topological polar surface area (TPSA) is 51.4 Å². The average Bonchev–Trinajstić information content (AvgIpc) is 2.68. The Morgan fingerprint density at radius 2 is 2.05 bits per heavy atom. The minimum Gasteiger partial charge on any atom is -0.491 e. The van der Waals surface area contributed by atoms with Crippen molar-refractivity contribution in [1.29, 1.82) is 0 Å². The third kappa shape index (κ3) is 2.59. The molecule has 1 aliphatic heterocycles. The lowest BCUT2D eigenvalue weighted by molar-refractivity contribution is 0.322. The van der Waals surface area contributed by atoms with Crippen LogP contribution in [0.3, 0.4) is 0 Å². The number of hydrogen-bond donors (Lipinski definition) is 1. The summed E-state index contributed by atoms with van der Waals surface area (Å²) < 4.78 is 5.85. The first-order chi connectivity index (χ1) is 10.2. The molecule has 1 aromatic carbocycles. The van der Waals surface area contributed by atoms with Crippen molar-refractivity contribution in [2.45, 2.75) is 26.8 Å². The fourth-order valence-corrected chi connectivity index (χ4v) is 2.91. The van der Waals surface area contributed by atoms with Crippen molar-refractivity contribution in [2.75, 3.05) is 18.1 Å². The molecule has 0 amide bonds. The molecule has 0 aliphatic carbocycles. The first-order valence-corrected chi connectivity index (χ1v) is 7.37. The monoisotopic (exact) mass is 283 g/mol. The van der Waals surface area contributed by atoms with E-state index in [1.165, 1.54) is 0 Å². The van der Waals surface area contributed by atoms with Crippen LogP contribution in [-0.4, -0.2) is 18.1 Å². The Hall–Kier alpha value is -2.07. The first kappa shape index (κ1) is 13.9. The van der Waals surface area contributed by atoms with Crippen LogP contribution in [-0.2, 0) is 6.54 Å². The van der Waals surface area contributed by atoms with E-state index in [2.05, 4.69) is 22.0 Å². The van der Waals surface area contributed by atoms with Gasteiger partial charge in [-0.25, -0.2) is 0 Å². The Balaban J connectivity index is 2.16. The van der Waals surface area contributed by atoms with Crippen molar-refractivity contribution < 1.29 is 4.74 Å². The number of nitrogens with two attached hydrogens (primary N) is 1. The number of ether oxygens (including phenoxy) is 1. The minimum atomic E-state index is 0.494. The molecule has 1 aliphatic rings. The van der Waals surface area contributed by atoms with E-state index in [4.69, 9.17) is 10.5 Å². The van der Waals surface area contributed by atoms with Gasteiger partial charge in [-0.1, -0.05) is 12.1 Å². The number of aromatic nitrogens is 1. The number of para-hydroxylation sites is 2. The van der Waals surface area contributed by atoms with E-state index < -0.39 is 0 Å². The number of hydrogen-bond acceptors (Lipinski definition) is 4. The van der Waals surface area contributed by atoms with Crippen LogP contribution in [0, 0.1) is 13.8 Å². The molecule has 21 heavy (non-hydrogen) atoms. The van der Waals surface area contributed by atoms with E-state index in [9.17, 15) is 0 Å². The molecule has 0 saturated heterocycles. The number of nitrogens with zero attached hydrogens (tertiary/aromatic N) is 2. The van der Waals surface area contributed by atoms with Gasteiger partial charge in [-0.3, -0.25) is 4.98 Å². The van der Waals surface area contributed by atoms with Gasteiger partial charge in [0.1, 0.15) is 5.75 Å². The van der Waals surface area contributed by atoms with Crippen LogP contribution in [0.4, 0.5) is 11.4 Å². The van der Waals surface area contributed by atoms with Crippen molar-refractivity contribution in [2.24, 2.45) is 5.73 Å². The second-order valence-corrected chi connectivity index (χ2v) is 5.37. The number of aryl methyl sites for hydroxylation is 2. The Labute approximate surface area is 125 Å². The molecule has 4 nitrogen and oxygen atoms in total. The number of pyridine rings is 1. The third-order valence-corrected chi connectivity index (χ3v) is 3.87. The molecule has 0 atom stereocenters. The van der Waals surface area contributed by atoms with Crippen LogP contribution >= 0.6 is 0 Å². The average molecular weight is 283 g/mol. The third-order valence-electron chi connectivity index (χ3n) is 3.87. The van der Waals surface area contributed by atoms with Crippen molar-refractivity contribution in [3.8, 4) is 5.75 Å². The van der Waals surface area contributed by atoms with Gasteiger partial charge in [0.05, 0.1) is 12.3 Å². The SMILES string of the molecule is Cc1cc(N2CCCOc3ccccc32)c(CN)c(C)n1. The second-order valence-electron chi connectivity index (χ2n) is 5.37. The van der Waals surface area contributed by atoms with Crippen molar-refractivity contribution in [3.05, 3.63) is 47.3 Å². The van der Waals surface area contributed by atoms with Crippen molar-refractivity contribution >= 4 is 11.4 Å². The molecule has 2 heterocycles. The maximum absolute atomic E-state index is 5.97. The lowest BCUT2D eigenvalue weighted by Gasteiger charge is -2.27. The highest BCUT2D eigenvalue weighted by Crippen LogP contribution is 2.37. The Morgan fingerprint density at radius 3 is 2.86 bits per heavy atom. The fraction of sp³-hybridized carbons (Fsp3) is 0.353. The zero-order chi connectivity index (χ0) is 14.8. The lowest BCUT2D eigenvalue weighted by Crippen LogP contribution is -2.21. The standard InChI is InChI=1S/C17H21N3O/c1-12-10-16(14(11-18)13(2)19-12)20-8-5-9-21-17-7-4-3-6-15(17)20/h3-4,6-7,10H,5,8-9,11,18H2,1-2H3. The van der Waals surface area contributed by atoms with Gasteiger partial charge in [0.15, 0.2) is 0 Å². The van der Waals surface area contributed by atoms with Crippen LogP contribution < -0.4 is 15.4 Å². The van der Waals surface area contributed by atoms with Crippen LogP contribution in [0.15, 0.2) is 30.3 Å². The number of fused-ring (bicyclic) bond motifs is 1. The summed E-state index contributed by atoms with van der Waals surface area (Å²) in [7, 11) is 0. The summed E-state index contributed by atoms with van der Waals surface area (Å²) in [6.45, 7) is 6.21. The summed E-state index contributed by atoms with van der Waals surface area (Å²) in [4.78, 5) is 6.85. The molecule has 0 fully saturated rings. The van der Waals surface area contributed by atoms with Gasteiger partial charge in [-0.05, 0) is 38.5 Å². The fourth-order valence-electron chi connectivity index (χ4n) is 2.91. The molecule has 2 aromatic rings. The minimum absolute atomic E-state index is 0.494. The molecule has 1 aromatic heterocycles. The maximum Gasteiger partial charge on any atom is 0.142 e. The van der Waals surface area contributed by atoms with E-state index in [1.807, 2.05) is 32.0 Å². The zero-order valence-electron chi connectivity index (χ0n) is 12.6. The van der Waals surface area contributed by atoms with Gasteiger partial charge in [0.25, 0.3) is 0 Å². The normalized spacial score (nSPS) is 14.3. The van der Waals surface area contributed by atoms with Crippen molar-refractivity contribution in [1.82, 2.24) is 4.98 Å². The number of anilines is 2. The molecule has 0 spiro atoms. The molecular weight excluding hydrogens is 262 g/mol. The quantitative estimate of drug-likeness (QED) is 0.920. The molecule has 2 N–H and O–H groups in total. The van der Waals surface area contributed by atoms with Gasteiger partial charge in [0.2, 0.25) is 0 Å². The summed E-state index contributed by atoms with van der Waals surface area (Å²) in [5, 5.41) is 0. The largest absolute Gasteiger partial charge is 0.491 e. The predicted molar refractivity (Wildman–Crippen MR) is 85.2 cm³/mol. The smallest absolute Gasteiger partial charge is 0.142 e. The van der Waals surface area contributed by atoms with Crippen LogP contribution in [0.1, 0.15) is 23.4 Å². The van der Waals surface area contributed by atoms with E-state index in [0.29, 0.717) is 6.54 Å². The Bertz CT molecular complexity index is 654. The highest BCUT2D eigenvalue weighted by atomic mass is 16.5. The van der Waals surface area contributed by atoms with E-state index >= 15 is 0 Å². The second kappa shape index (κ2) is 5.74. The molecule has 3 rings (SSSR count). The van der Waals surface area contributed by atoms with Gasteiger partial charge in [-0.15, -0.1) is 0 Å². The van der Waals surface area contributed by atoms with Gasteiger partial charge in [0, 0.05) is 35.7 Å². The summed E-state index contributed by atoms with van der Waals surface area (Å²) in [5.41, 5.74) is 11.4. The number of benzene rings is 1. The molecule has 0 bridgehead atoms. The highest BCUT2D eigenvalue weighted by Gasteiger charge is 2.20. The van der Waals surface area contributed by atoms with Crippen LogP contribution in [0.2, 0.25) is 0 Å². The number of rotatable bonds is 2. The molecule has 0 saturated carbocycles. The van der Waals surface area contributed by atoms with E-state index in [-0.39, 0.29) is 0 Å². The Morgan fingerprint density at radius 1 is 1.24 bits per heavy atom. The summed E-state index contributed by atoms with van der Waals surface area (Å²) in [6.07, 6.45) is 0.985. The predicted octanol–water partition coefficient (Wildman–Crippen LogP) is 3.08. The summed E-state index contributed by atoms with van der Waals surface area (Å²) in [6, 6.07) is 10.3. The molecule has 4 heteroatoms. The zero-order valence-corrected chi connectivity index (χ0v) is 12.6. The maximum atomic E-state index is 5.97. The molecular formula is C17H21N3O. The summed E-state index contributed by atoms with van der Waals surface area (Å²) in [5.74, 6) is 0.935. The van der Waals surface area contributed by atoms with Gasteiger partial charge < -0.3 is 15.4 Å². The lowest BCUT2D eigenvalue weighted by atomic mass is 10.1. The van der Waals surface area contributed by atoms with Crippen LogP contribution in [0.5, 0.6) is 5.75 Å². The molecule has 110 valence electrons. The molecule has 0 radical (unpaired) electrons. The Kier molecular flexibility index (Phi) is 3.80. The van der Waals surface area contributed by atoms with E-state index in [0.717, 1.165) is 53.6 Å². The van der Waals surface area contributed by atoms with Crippen LogP contribution in [0.25, 0.3) is 0 Å². The van der Waals surface area contributed by atoms with E-state index in [1.54, 1.807) is 0 Å².